The lowest BCUT2D eigenvalue weighted by molar-refractivity contribution is -0.262. The number of carbonyl (C=O) groups is 2. The van der Waals surface area contributed by atoms with Gasteiger partial charge in [0.25, 0.3) is 0 Å². The molecule has 1 saturated heterocycles. The minimum atomic E-state index is -4.70. The van der Waals surface area contributed by atoms with Crippen LogP contribution in [0.5, 0.6) is 0 Å². The van der Waals surface area contributed by atoms with Gasteiger partial charge in [-0.25, -0.2) is 9.18 Å². The maximum atomic E-state index is 13.1. The number of nitrogens with zero attached hydrogens (tertiary/aromatic N) is 1. The van der Waals surface area contributed by atoms with E-state index >= 15 is 0 Å². The Hall–Kier alpha value is -3.04. The largest absolute Gasteiger partial charge is 0.529 e. The molecular weight excluding hydrogens is 362 g/mol. The predicted molar refractivity (Wildman–Crippen MR) is 74.1 cm³/mol. The Morgan fingerprint density at radius 3 is 2.35 bits per heavy atom. The minimum Gasteiger partial charge on any atom is -0.529 e. The minimum absolute atomic E-state index is 0.195. The topological polar surface area (TPSA) is 82.8 Å². The summed E-state index contributed by atoms with van der Waals surface area (Å²) in [5.41, 5.74) is 0.274. The predicted octanol–water partition coefficient (Wildman–Crippen LogP) is 2.89. The number of cyclic esters (lactones) is 1. The van der Waals surface area contributed by atoms with Gasteiger partial charge in [-0.1, -0.05) is 12.1 Å². The van der Waals surface area contributed by atoms with E-state index in [-0.39, 0.29) is 22.6 Å². The fourth-order valence-electron chi connectivity index (χ4n) is 2.71. The summed E-state index contributed by atoms with van der Waals surface area (Å²) in [4.78, 5) is 23.3. The number of furan rings is 1. The van der Waals surface area contributed by atoms with Crippen LogP contribution in [-0.2, 0) is 17.3 Å². The third-order valence-electron chi connectivity index (χ3n) is 3.85. The molecule has 26 heavy (non-hydrogen) atoms. The summed E-state index contributed by atoms with van der Waals surface area (Å²) in [7, 11) is 0. The Bertz CT molecular complexity index is 830. The summed E-state index contributed by atoms with van der Waals surface area (Å²) in [5, 5.41) is 11.3. The molecule has 2 heterocycles. The molecule has 138 valence electrons. The van der Waals surface area contributed by atoms with E-state index in [4.69, 9.17) is 4.74 Å². The van der Waals surface area contributed by atoms with Gasteiger partial charge in [-0.3, -0.25) is 4.90 Å². The van der Waals surface area contributed by atoms with Crippen molar-refractivity contribution >= 4 is 12.2 Å². The number of carboxylic acid groups (broad SMARTS) is 1. The van der Waals surface area contributed by atoms with Crippen molar-refractivity contribution in [2.75, 3.05) is 0 Å². The Labute approximate surface area is 143 Å². The third-order valence-corrected chi connectivity index (χ3v) is 3.85. The Morgan fingerprint density at radius 2 is 1.81 bits per heavy atom. The summed E-state index contributed by atoms with van der Waals surface area (Å²) in [6.07, 6.45) is -9.33. The van der Waals surface area contributed by atoms with Crippen LogP contribution >= 0.6 is 0 Å². The first-order chi connectivity index (χ1) is 12.2. The number of benzene rings is 1. The van der Waals surface area contributed by atoms with Gasteiger partial charge in [0.1, 0.15) is 17.7 Å². The number of halogens is 4. The van der Waals surface area contributed by atoms with Crippen LogP contribution in [0, 0.1) is 5.82 Å². The van der Waals surface area contributed by atoms with Crippen molar-refractivity contribution < 1.29 is 41.4 Å². The van der Waals surface area contributed by atoms with Gasteiger partial charge in [-0.2, -0.15) is 13.2 Å². The summed E-state index contributed by atoms with van der Waals surface area (Å²) in [6, 6.07) is 5.21. The lowest BCUT2D eigenvalue weighted by atomic mass is 9.98. The first-order valence-corrected chi connectivity index (χ1v) is 7.29. The van der Waals surface area contributed by atoms with Crippen LogP contribution in [-0.4, -0.2) is 23.1 Å². The van der Waals surface area contributed by atoms with Gasteiger partial charge < -0.3 is 19.1 Å². The average molecular weight is 372 g/mol. The van der Waals surface area contributed by atoms with E-state index in [9.17, 15) is 32.3 Å². The second kappa shape index (κ2) is 6.36. The molecule has 2 atom stereocenters. The lowest BCUT2D eigenvalue weighted by Gasteiger charge is -2.24. The van der Waals surface area contributed by atoms with E-state index in [0.717, 1.165) is 18.2 Å². The zero-order chi connectivity index (χ0) is 19.1. The number of hydrogen-bond donors (Lipinski definition) is 0. The van der Waals surface area contributed by atoms with Gasteiger partial charge in [-0.05, 0) is 29.8 Å². The van der Waals surface area contributed by atoms with Gasteiger partial charge in [0.15, 0.2) is 6.10 Å². The van der Waals surface area contributed by atoms with E-state index in [1.807, 2.05) is 0 Å². The maximum Gasteiger partial charge on any atom is 0.449 e. The molecule has 3 rings (SSSR count). The fourth-order valence-corrected chi connectivity index (χ4v) is 2.71. The first-order valence-electron chi connectivity index (χ1n) is 7.29. The standard InChI is InChI=1S/C16H11F4NO5/c17-9-3-1-8(2-4-9)13-11(21(14(22)23)15(24)26-13)7-10-5-6-12(25-10)16(18,19)20/h1-6,11,13H,7H2,(H,22,23)/p-1. The zero-order valence-electron chi connectivity index (χ0n) is 12.8. The molecule has 2 unspecified atom stereocenters. The van der Waals surface area contributed by atoms with Crippen molar-refractivity contribution in [3.05, 3.63) is 59.3 Å². The molecule has 1 aromatic carbocycles. The lowest BCUT2D eigenvalue weighted by Crippen LogP contribution is -2.47. The highest BCUT2D eigenvalue weighted by Gasteiger charge is 2.44. The molecule has 0 saturated carbocycles. The third kappa shape index (κ3) is 3.35. The quantitative estimate of drug-likeness (QED) is 0.774. The number of imide groups is 1. The average Bonchev–Trinajstić information content (AvgIpc) is 3.13. The summed E-state index contributed by atoms with van der Waals surface area (Å²) in [6.45, 7) is 0. The van der Waals surface area contributed by atoms with Crippen LogP contribution in [0.2, 0.25) is 0 Å². The first kappa shape index (κ1) is 17.8. The van der Waals surface area contributed by atoms with Crippen LogP contribution in [0.15, 0.2) is 40.8 Å². The van der Waals surface area contributed by atoms with Crippen molar-refractivity contribution in [2.45, 2.75) is 24.7 Å². The molecule has 2 amide bonds. The smallest absolute Gasteiger partial charge is 0.449 e. The molecule has 6 nitrogen and oxygen atoms in total. The molecule has 2 aromatic rings. The molecule has 0 aliphatic carbocycles. The number of alkyl halides is 3. The number of hydrogen-bond acceptors (Lipinski definition) is 5. The van der Waals surface area contributed by atoms with Crippen LogP contribution in [0.4, 0.5) is 27.2 Å². The summed E-state index contributed by atoms with van der Waals surface area (Å²) < 4.78 is 60.7. The highest BCUT2D eigenvalue weighted by Crippen LogP contribution is 2.36. The molecule has 10 heteroatoms. The van der Waals surface area contributed by atoms with Gasteiger partial charge in [-0.15, -0.1) is 0 Å². The van der Waals surface area contributed by atoms with Crippen molar-refractivity contribution in [2.24, 2.45) is 0 Å². The van der Waals surface area contributed by atoms with Crippen LogP contribution in [0.3, 0.4) is 0 Å². The van der Waals surface area contributed by atoms with Crippen molar-refractivity contribution in [1.82, 2.24) is 4.90 Å². The zero-order valence-corrected chi connectivity index (χ0v) is 12.8. The molecule has 0 N–H and O–H groups in total. The van der Waals surface area contributed by atoms with Crippen molar-refractivity contribution in [1.29, 1.82) is 0 Å². The van der Waals surface area contributed by atoms with Gasteiger partial charge in [0.2, 0.25) is 5.76 Å². The fraction of sp³-hybridized carbons (Fsp3) is 0.250. The molecule has 1 aliphatic rings. The molecule has 0 bridgehead atoms. The van der Waals surface area contributed by atoms with Crippen LogP contribution in [0.25, 0.3) is 0 Å². The molecule has 1 fully saturated rings. The van der Waals surface area contributed by atoms with Gasteiger partial charge >= 0.3 is 12.3 Å². The van der Waals surface area contributed by atoms with Crippen LogP contribution < -0.4 is 5.11 Å². The summed E-state index contributed by atoms with van der Waals surface area (Å²) in [5.74, 6) is -2.01. The number of rotatable bonds is 3. The Morgan fingerprint density at radius 1 is 1.15 bits per heavy atom. The molecule has 1 aliphatic heterocycles. The molecule has 1 aromatic heterocycles. The van der Waals surface area contributed by atoms with Crippen molar-refractivity contribution in [3.63, 3.8) is 0 Å². The van der Waals surface area contributed by atoms with E-state index in [1.54, 1.807) is 0 Å². The number of ether oxygens (including phenoxy) is 1. The summed E-state index contributed by atoms with van der Waals surface area (Å²) >= 11 is 0. The van der Waals surface area contributed by atoms with Crippen molar-refractivity contribution in [3.8, 4) is 0 Å². The normalized spacial score (nSPS) is 20.3. The Balaban J connectivity index is 1.92. The second-order valence-corrected chi connectivity index (χ2v) is 5.53. The second-order valence-electron chi connectivity index (χ2n) is 5.53. The van der Waals surface area contributed by atoms with Crippen LogP contribution in [0.1, 0.15) is 23.2 Å². The monoisotopic (exact) mass is 372 g/mol. The molecule has 0 spiro atoms. The van der Waals surface area contributed by atoms with Gasteiger partial charge in [0, 0.05) is 6.42 Å². The maximum absolute atomic E-state index is 13.1. The Kier molecular flexibility index (Phi) is 4.34. The van der Waals surface area contributed by atoms with E-state index < -0.39 is 42.1 Å². The molecule has 0 radical (unpaired) electrons. The highest BCUT2D eigenvalue weighted by molar-refractivity contribution is 5.88. The number of amides is 2. The van der Waals surface area contributed by atoms with Gasteiger partial charge in [0.05, 0.1) is 6.04 Å². The van der Waals surface area contributed by atoms with E-state index in [1.165, 1.54) is 12.1 Å². The molecular formula is C16H10F4NO5-. The van der Waals surface area contributed by atoms with E-state index in [0.29, 0.717) is 6.07 Å². The highest BCUT2D eigenvalue weighted by atomic mass is 19.4. The SMILES string of the molecule is O=C([O-])N1C(=O)OC(c2ccc(F)cc2)C1Cc1ccc(C(F)(F)F)o1. The number of carbonyl (C=O) groups excluding carboxylic acids is 2. The van der Waals surface area contributed by atoms with E-state index in [2.05, 4.69) is 4.42 Å².